The Balaban J connectivity index is 1.55. The minimum absolute atomic E-state index is 0.0145. The summed E-state index contributed by atoms with van der Waals surface area (Å²) in [5.74, 6) is 1.36. The minimum Gasteiger partial charge on any atom is -0.497 e. The summed E-state index contributed by atoms with van der Waals surface area (Å²) < 4.78 is 10.9. The van der Waals surface area contributed by atoms with E-state index in [0.29, 0.717) is 23.9 Å². The molecule has 0 spiro atoms. The molecule has 6 heteroatoms. The van der Waals surface area contributed by atoms with Gasteiger partial charge in [0.1, 0.15) is 11.5 Å². The molecule has 5 nitrogen and oxygen atoms in total. The fourth-order valence-corrected chi connectivity index (χ4v) is 3.20. The Kier molecular flexibility index (Phi) is 5.89. The zero-order chi connectivity index (χ0) is 18.5. The Morgan fingerprint density at radius 1 is 1.04 bits per heavy atom. The maximum atomic E-state index is 12.7. The van der Waals surface area contributed by atoms with E-state index >= 15 is 0 Å². The van der Waals surface area contributed by atoms with Gasteiger partial charge in [-0.1, -0.05) is 23.7 Å². The van der Waals surface area contributed by atoms with Crippen molar-refractivity contribution >= 4 is 23.2 Å². The van der Waals surface area contributed by atoms with Gasteiger partial charge in [0.2, 0.25) is 0 Å². The number of amides is 1. The number of hydrogen-bond acceptors (Lipinski definition) is 4. The molecule has 0 saturated carbocycles. The molecule has 0 bridgehead atoms. The second kappa shape index (κ2) is 8.32. The highest BCUT2D eigenvalue weighted by molar-refractivity contribution is 6.32. The van der Waals surface area contributed by atoms with Gasteiger partial charge < -0.3 is 19.3 Å². The van der Waals surface area contributed by atoms with Crippen molar-refractivity contribution in [3.63, 3.8) is 0 Å². The number of piperazine rings is 1. The molecular formula is C20H23ClN2O3. The number of ether oxygens (including phenoxy) is 2. The maximum absolute atomic E-state index is 12.7. The predicted octanol–water partition coefficient (Wildman–Crippen LogP) is 3.46. The van der Waals surface area contributed by atoms with Crippen molar-refractivity contribution in [3.8, 4) is 11.5 Å². The summed E-state index contributed by atoms with van der Waals surface area (Å²) in [5, 5.41) is 0.511. The van der Waals surface area contributed by atoms with E-state index in [9.17, 15) is 4.79 Å². The highest BCUT2D eigenvalue weighted by atomic mass is 35.5. The Morgan fingerprint density at radius 2 is 1.69 bits per heavy atom. The van der Waals surface area contributed by atoms with Crippen LogP contribution < -0.4 is 14.4 Å². The van der Waals surface area contributed by atoms with Crippen molar-refractivity contribution in [3.05, 3.63) is 53.6 Å². The molecule has 1 atom stereocenters. The second-order valence-corrected chi connectivity index (χ2v) is 6.61. The molecule has 1 fully saturated rings. The van der Waals surface area contributed by atoms with E-state index in [2.05, 4.69) is 4.90 Å². The van der Waals surface area contributed by atoms with Crippen molar-refractivity contribution < 1.29 is 14.3 Å². The summed E-state index contributed by atoms with van der Waals surface area (Å²) in [5.41, 5.74) is 1.14. The van der Waals surface area contributed by atoms with Gasteiger partial charge in [-0.15, -0.1) is 0 Å². The first-order valence-corrected chi connectivity index (χ1v) is 9.05. The first kappa shape index (κ1) is 18.4. The van der Waals surface area contributed by atoms with Gasteiger partial charge in [0.15, 0.2) is 6.10 Å². The third kappa shape index (κ3) is 4.22. The van der Waals surface area contributed by atoms with Crippen LogP contribution in [0, 0.1) is 0 Å². The first-order valence-electron chi connectivity index (χ1n) is 8.67. The summed E-state index contributed by atoms with van der Waals surface area (Å²) in [6.45, 7) is 4.68. The van der Waals surface area contributed by atoms with E-state index in [1.54, 1.807) is 26.2 Å². The number of nitrogens with zero attached hydrogens (tertiary/aromatic N) is 2. The molecular weight excluding hydrogens is 352 g/mol. The standard InChI is InChI=1S/C20H23ClN2O3/c1-15(26-19-6-4-3-5-18(19)21)20(24)23-13-11-22(12-14-23)16-7-9-17(25-2)10-8-16/h3-10,15H,11-14H2,1-2H3/t15-/m1/s1. The predicted molar refractivity (Wildman–Crippen MR) is 103 cm³/mol. The van der Waals surface area contributed by atoms with Crippen molar-refractivity contribution in [2.75, 3.05) is 38.2 Å². The van der Waals surface area contributed by atoms with Crippen LogP contribution >= 0.6 is 11.6 Å². The lowest BCUT2D eigenvalue weighted by atomic mass is 10.2. The number of halogens is 1. The first-order chi connectivity index (χ1) is 12.6. The van der Waals surface area contributed by atoms with Crippen molar-refractivity contribution in [1.82, 2.24) is 4.90 Å². The van der Waals surface area contributed by atoms with Gasteiger partial charge in [0.25, 0.3) is 5.91 Å². The summed E-state index contributed by atoms with van der Waals surface area (Å²) in [6, 6.07) is 15.2. The number of para-hydroxylation sites is 1. The highest BCUT2D eigenvalue weighted by Crippen LogP contribution is 2.25. The Hall–Kier alpha value is -2.40. The summed E-state index contributed by atoms with van der Waals surface area (Å²) >= 11 is 6.10. The molecule has 1 aliphatic heterocycles. The Bertz CT molecular complexity index is 743. The molecule has 0 radical (unpaired) electrons. The molecule has 2 aromatic rings. The molecule has 3 rings (SSSR count). The fraction of sp³-hybridized carbons (Fsp3) is 0.350. The zero-order valence-corrected chi connectivity index (χ0v) is 15.8. The summed E-state index contributed by atoms with van der Waals surface area (Å²) in [6.07, 6.45) is -0.567. The summed E-state index contributed by atoms with van der Waals surface area (Å²) in [4.78, 5) is 16.8. The molecule has 0 aliphatic carbocycles. The average molecular weight is 375 g/mol. The molecule has 1 amide bonds. The maximum Gasteiger partial charge on any atom is 0.263 e. The fourth-order valence-electron chi connectivity index (χ4n) is 3.02. The molecule has 0 unspecified atom stereocenters. The molecule has 1 saturated heterocycles. The SMILES string of the molecule is COc1ccc(N2CCN(C(=O)[C@@H](C)Oc3ccccc3Cl)CC2)cc1. The van der Waals surface area contributed by atoms with E-state index < -0.39 is 6.10 Å². The number of benzene rings is 2. The lowest BCUT2D eigenvalue weighted by Gasteiger charge is -2.37. The normalized spacial score (nSPS) is 15.5. The van der Waals surface area contributed by atoms with Crippen LogP contribution in [0.1, 0.15) is 6.92 Å². The number of carbonyl (C=O) groups excluding carboxylic acids is 1. The second-order valence-electron chi connectivity index (χ2n) is 6.20. The van der Waals surface area contributed by atoms with Crippen LogP contribution in [0.25, 0.3) is 0 Å². The number of hydrogen-bond donors (Lipinski definition) is 0. The number of carbonyl (C=O) groups is 1. The monoisotopic (exact) mass is 374 g/mol. The molecule has 1 heterocycles. The molecule has 1 aliphatic rings. The van der Waals surface area contributed by atoms with E-state index in [0.717, 1.165) is 24.5 Å². The van der Waals surface area contributed by atoms with Crippen LogP contribution in [0.5, 0.6) is 11.5 Å². The van der Waals surface area contributed by atoms with E-state index in [-0.39, 0.29) is 5.91 Å². The van der Waals surface area contributed by atoms with Gasteiger partial charge in [0, 0.05) is 31.9 Å². The highest BCUT2D eigenvalue weighted by Gasteiger charge is 2.26. The number of methoxy groups -OCH3 is 1. The van der Waals surface area contributed by atoms with Crippen LogP contribution in [0.15, 0.2) is 48.5 Å². The smallest absolute Gasteiger partial charge is 0.263 e. The van der Waals surface area contributed by atoms with Crippen molar-refractivity contribution in [1.29, 1.82) is 0 Å². The Morgan fingerprint density at radius 3 is 2.31 bits per heavy atom. The van der Waals surface area contributed by atoms with Crippen molar-refractivity contribution in [2.45, 2.75) is 13.0 Å². The molecule has 2 aromatic carbocycles. The lowest BCUT2D eigenvalue weighted by Crippen LogP contribution is -2.52. The third-order valence-electron chi connectivity index (χ3n) is 4.52. The summed E-state index contributed by atoms with van der Waals surface area (Å²) in [7, 11) is 1.66. The molecule has 26 heavy (non-hydrogen) atoms. The molecule has 0 aromatic heterocycles. The van der Waals surface area contributed by atoms with Gasteiger partial charge in [-0.3, -0.25) is 4.79 Å². The quantitative estimate of drug-likeness (QED) is 0.803. The zero-order valence-electron chi connectivity index (χ0n) is 15.0. The number of rotatable bonds is 5. The van der Waals surface area contributed by atoms with Gasteiger partial charge in [-0.05, 0) is 43.3 Å². The van der Waals surface area contributed by atoms with E-state index in [4.69, 9.17) is 21.1 Å². The van der Waals surface area contributed by atoms with Crippen LogP contribution in [0.2, 0.25) is 5.02 Å². The van der Waals surface area contributed by atoms with Gasteiger partial charge in [-0.25, -0.2) is 0 Å². The van der Waals surface area contributed by atoms with Crippen LogP contribution in [0.3, 0.4) is 0 Å². The van der Waals surface area contributed by atoms with Crippen LogP contribution in [-0.2, 0) is 4.79 Å². The Labute approximate surface area is 159 Å². The minimum atomic E-state index is -0.567. The van der Waals surface area contributed by atoms with Gasteiger partial charge >= 0.3 is 0 Å². The van der Waals surface area contributed by atoms with Gasteiger partial charge in [0.05, 0.1) is 12.1 Å². The van der Waals surface area contributed by atoms with Gasteiger partial charge in [-0.2, -0.15) is 0 Å². The number of anilines is 1. The van der Waals surface area contributed by atoms with E-state index in [1.165, 1.54) is 0 Å². The third-order valence-corrected chi connectivity index (χ3v) is 4.83. The van der Waals surface area contributed by atoms with Crippen molar-refractivity contribution in [2.24, 2.45) is 0 Å². The molecule has 0 N–H and O–H groups in total. The van der Waals surface area contributed by atoms with Crippen LogP contribution in [0.4, 0.5) is 5.69 Å². The van der Waals surface area contributed by atoms with Crippen LogP contribution in [-0.4, -0.2) is 50.2 Å². The molecule has 138 valence electrons. The lowest BCUT2D eigenvalue weighted by molar-refractivity contribution is -0.138. The average Bonchev–Trinajstić information content (AvgIpc) is 2.69. The van der Waals surface area contributed by atoms with E-state index in [1.807, 2.05) is 41.3 Å². The largest absolute Gasteiger partial charge is 0.497 e. The topological polar surface area (TPSA) is 42.0 Å².